The maximum atomic E-state index is 13.1. The fourth-order valence-electron chi connectivity index (χ4n) is 1.55. The van der Waals surface area contributed by atoms with Crippen LogP contribution in [0.4, 0.5) is 17.6 Å². The van der Waals surface area contributed by atoms with Crippen LogP contribution in [0.1, 0.15) is 36.2 Å². The molecule has 0 aliphatic rings. The highest BCUT2D eigenvalue weighted by Gasteiger charge is 2.35. The van der Waals surface area contributed by atoms with E-state index in [2.05, 4.69) is 0 Å². The van der Waals surface area contributed by atoms with Crippen LogP contribution in [0.5, 0.6) is 0 Å². The Kier molecular flexibility index (Phi) is 4.55. The van der Waals surface area contributed by atoms with Gasteiger partial charge in [0.1, 0.15) is 5.82 Å². The summed E-state index contributed by atoms with van der Waals surface area (Å²) in [4.78, 5) is 13.3. The Morgan fingerprint density at radius 2 is 1.95 bits per heavy atom. The summed E-state index contributed by atoms with van der Waals surface area (Å²) in [5.74, 6) is -1.94. The van der Waals surface area contributed by atoms with Crippen LogP contribution in [-0.2, 0) is 6.18 Å². The van der Waals surface area contributed by atoms with E-state index in [-0.39, 0.29) is 11.6 Å². The van der Waals surface area contributed by atoms with Gasteiger partial charge in [0, 0.05) is 18.7 Å². The normalized spacial score (nSPS) is 13.2. The Bertz CT molecular complexity index is 470. The highest BCUT2D eigenvalue weighted by Crippen LogP contribution is 2.32. The van der Waals surface area contributed by atoms with Crippen LogP contribution >= 0.6 is 0 Å². The van der Waals surface area contributed by atoms with Crippen molar-refractivity contribution in [2.45, 2.75) is 32.5 Å². The van der Waals surface area contributed by atoms with Gasteiger partial charge < -0.3 is 4.90 Å². The second kappa shape index (κ2) is 5.59. The molecule has 2 nitrogen and oxygen atoms in total. The lowest BCUT2D eigenvalue weighted by Gasteiger charge is -2.24. The minimum atomic E-state index is -4.81. The molecule has 0 aliphatic carbocycles. The molecular formula is C13H15F4NO. The molecule has 0 aliphatic heterocycles. The molecule has 0 heterocycles. The Morgan fingerprint density at radius 1 is 1.37 bits per heavy atom. The molecule has 6 heteroatoms. The zero-order chi connectivity index (χ0) is 14.8. The van der Waals surface area contributed by atoms with Crippen LogP contribution in [-0.4, -0.2) is 23.9 Å². The van der Waals surface area contributed by atoms with Crippen molar-refractivity contribution in [1.29, 1.82) is 0 Å². The first-order valence-electron chi connectivity index (χ1n) is 5.82. The van der Waals surface area contributed by atoms with Crippen molar-refractivity contribution >= 4 is 5.91 Å². The molecule has 1 amide bonds. The predicted octanol–water partition coefficient (Wildman–Crippen LogP) is 3.72. The first kappa shape index (κ1) is 15.5. The fraction of sp³-hybridized carbons (Fsp3) is 0.462. The largest absolute Gasteiger partial charge is 0.419 e. The lowest BCUT2D eigenvalue weighted by atomic mass is 10.1. The molecule has 0 spiro atoms. The molecule has 0 N–H and O–H groups in total. The number of halogens is 4. The van der Waals surface area contributed by atoms with E-state index in [1.807, 2.05) is 6.92 Å². The Labute approximate surface area is 109 Å². The Balaban J connectivity index is 3.13. The van der Waals surface area contributed by atoms with E-state index >= 15 is 0 Å². The van der Waals surface area contributed by atoms with Gasteiger partial charge in [-0.25, -0.2) is 4.39 Å². The number of alkyl halides is 3. The second-order valence-corrected chi connectivity index (χ2v) is 4.37. The van der Waals surface area contributed by atoms with E-state index in [1.54, 1.807) is 6.92 Å². The number of nitrogens with zero attached hydrogens (tertiary/aromatic N) is 1. The van der Waals surface area contributed by atoms with Gasteiger partial charge in [-0.1, -0.05) is 6.92 Å². The number of amides is 1. The van der Waals surface area contributed by atoms with Gasteiger partial charge in [-0.15, -0.1) is 0 Å². The average molecular weight is 277 g/mol. The standard InChI is InChI=1S/C13H15F4NO/c1-4-8(2)18(3)12(19)9-5-6-11(14)10(7-9)13(15,16)17/h5-8H,4H2,1-3H3. The smallest absolute Gasteiger partial charge is 0.339 e. The van der Waals surface area contributed by atoms with Crippen LogP contribution in [0.3, 0.4) is 0 Å². The van der Waals surface area contributed by atoms with Crippen molar-refractivity contribution in [3.8, 4) is 0 Å². The summed E-state index contributed by atoms with van der Waals surface area (Å²) in [7, 11) is 1.51. The zero-order valence-electron chi connectivity index (χ0n) is 10.9. The number of rotatable bonds is 3. The number of hydrogen-bond donors (Lipinski definition) is 0. The zero-order valence-corrected chi connectivity index (χ0v) is 10.9. The van der Waals surface area contributed by atoms with E-state index < -0.39 is 23.5 Å². The molecule has 0 saturated carbocycles. The third-order valence-electron chi connectivity index (χ3n) is 3.09. The first-order valence-corrected chi connectivity index (χ1v) is 5.82. The van der Waals surface area contributed by atoms with Gasteiger partial charge in [0.15, 0.2) is 0 Å². The van der Waals surface area contributed by atoms with Crippen LogP contribution < -0.4 is 0 Å². The number of carbonyl (C=O) groups excluding carboxylic acids is 1. The highest BCUT2D eigenvalue weighted by atomic mass is 19.4. The summed E-state index contributed by atoms with van der Waals surface area (Å²) in [6.45, 7) is 3.65. The minimum absolute atomic E-state index is 0.105. The lowest BCUT2D eigenvalue weighted by Crippen LogP contribution is -2.34. The van der Waals surface area contributed by atoms with Crippen molar-refractivity contribution in [3.05, 3.63) is 35.1 Å². The molecule has 19 heavy (non-hydrogen) atoms. The van der Waals surface area contributed by atoms with Crippen molar-refractivity contribution in [3.63, 3.8) is 0 Å². The van der Waals surface area contributed by atoms with E-state index in [0.717, 1.165) is 6.07 Å². The molecule has 1 rings (SSSR count). The topological polar surface area (TPSA) is 20.3 Å². The maximum Gasteiger partial charge on any atom is 0.419 e. The van der Waals surface area contributed by atoms with E-state index in [1.165, 1.54) is 11.9 Å². The van der Waals surface area contributed by atoms with Gasteiger partial charge in [-0.3, -0.25) is 4.79 Å². The van der Waals surface area contributed by atoms with Gasteiger partial charge in [0.05, 0.1) is 5.56 Å². The van der Waals surface area contributed by atoms with E-state index in [4.69, 9.17) is 0 Å². The summed E-state index contributed by atoms with van der Waals surface area (Å²) in [5, 5.41) is 0. The highest BCUT2D eigenvalue weighted by molar-refractivity contribution is 5.94. The summed E-state index contributed by atoms with van der Waals surface area (Å²) in [5.41, 5.74) is -1.59. The average Bonchev–Trinajstić information content (AvgIpc) is 2.35. The summed E-state index contributed by atoms with van der Waals surface area (Å²) < 4.78 is 50.8. The molecule has 106 valence electrons. The molecule has 1 aromatic rings. The Morgan fingerprint density at radius 3 is 2.42 bits per heavy atom. The van der Waals surface area contributed by atoms with Crippen LogP contribution in [0.15, 0.2) is 18.2 Å². The monoisotopic (exact) mass is 277 g/mol. The minimum Gasteiger partial charge on any atom is -0.339 e. The summed E-state index contributed by atoms with van der Waals surface area (Å²) in [6, 6.07) is 2.18. The second-order valence-electron chi connectivity index (χ2n) is 4.37. The molecule has 0 fully saturated rings. The van der Waals surface area contributed by atoms with Gasteiger partial charge in [-0.05, 0) is 31.5 Å². The van der Waals surface area contributed by atoms with E-state index in [9.17, 15) is 22.4 Å². The van der Waals surface area contributed by atoms with Gasteiger partial charge in [-0.2, -0.15) is 13.2 Å². The number of hydrogen-bond acceptors (Lipinski definition) is 1. The Hall–Kier alpha value is -1.59. The quantitative estimate of drug-likeness (QED) is 0.771. The fourth-order valence-corrected chi connectivity index (χ4v) is 1.55. The van der Waals surface area contributed by atoms with Gasteiger partial charge in [0.2, 0.25) is 0 Å². The summed E-state index contributed by atoms with van der Waals surface area (Å²) >= 11 is 0. The number of carbonyl (C=O) groups is 1. The molecule has 1 atom stereocenters. The van der Waals surface area contributed by atoms with Crippen molar-refractivity contribution < 1.29 is 22.4 Å². The number of benzene rings is 1. The first-order chi connectivity index (χ1) is 8.68. The third kappa shape index (κ3) is 3.45. The van der Waals surface area contributed by atoms with Crippen molar-refractivity contribution in [2.75, 3.05) is 7.05 Å². The summed E-state index contributed by atoms with van der Waals surface area (Å²) in [6.07, 6.45) is -4.13. The predicted molar refractivity (Wildman–Crippen MR) is 63.2 cm³/mol. The van der Waals surface area contributed by atoms with Gasteiger partial charge in [0.25, 0.3) is 5.91 Å². The molecule has 1 unspecified atom stereocenters. The van der Waals surface area contributed by atoms with Crippen LogP contribution in [0.25, 0.3) is 0 Å². The third-order valence-corrected chi connectivity index (χ3v) is 3.09. The van der Waals surface area contributed by atoms with Crippen LogP contribution in [0.2, 0.25) is 0 Å². The van der Waals surface area contributed by atoms with Crippen molar-refractivity contribution in [1.82, 2.24) is 4.90 Å². The molecular weight excluding hydrogens is 262 g/mol. The van der Waals surface area contributed by atoms with Crippen molar-refractivity contribution in [2.24, 2.45) is 0 Å². The van der Waals surface area contributed by atoms with Gasteiger partial charge >= 0.3 is 6.18 Å². The molecule has 0 saturated heterocycles. The maximum absolute atomic E-state index is 13.1. The van der Waals surface area contributed by atoms with E-state index in [0.29, 0.717) is 18.6 Å². The lowest BCUT2D eigenvalue weighted by molar-refractivity contribution is -0.140. The van der Waals surface area contributed by atoms with Crippen LogP contribution in [0, 0.1) is 5.82 Å². The molecule has 0 aromatic heterocycles. The molecule has 0 bridgehead atoms. The molecule has 1 aromatic carbocycles. The molecule has 0 radical (unpaired) electrons. The SMILES string of the molecule is CCC(C)N(C)C(=O)c1ccc(F)c(C(F)(F)F)c1.